The molecule has 1 aliphatic heterocycles. The summed E-state index contributed by atoms with van der Waals surface area (Å²) >= 11 is 0. The van der Waals surface area contributed by atoms with Crippen molar-refractivity contribution in [1.29, 1.82) is 0 Å². The van der Waals surface area contributed by atoms with Crippen molar-refractivity contribution in [1.82, 2.24) is 9.80 Å². The Morgan fingerprint density at radius 1 is 1.27 bits per heavy atom. The van der Waals surface area contributed by atoms with E-state index in [2.05, 4.69) is 0 Å². The van der Waals surface area contributed by atoms with Gasteiger partial charge in [0.15, 0.2) is 5.76 Å². The fraction of sp³-hybridized carbons (Fsp3) is 0.450. The Kier molecular flexibility index (Phi) is 5.93. The average Bonchev–Trinajstić information content (AvgIpc) is 3.08. The van der Waals surface area contributed by atoms with E-state index in [1.165, 1.54) is 12.1 Å². The summed E-state index contributed by atoms with van der Waals surface area (Å²) in [5.74, 6) is 1.73. The second-order valence-corrected chi connectivity index (χ2v) is 7.03. The first kappa shape index (κ1) is 18.5. The van der Waals surface area contributed by atoms with Gasteiger partial charge in [0.1, 0.15) is 17.3 Å². The van der Waals surface area contributed by atoms with E-state index >= 15 is 0 Å². The highest BCUT2D eigenvalue weighted by molar-refractivity contribution is 5.91. The summed E-state index contributed by atoms with van der Waals surface area (Å²) in [5.41, 5.74) is 0. The van der Waals surface area contributed by atoms with Gasteiger partial charge in [-0.3, -0.25) is 4.79 Å². The van der Waals surface area contributed by atoms with Crippen LogP contribution in [0.1, 0.15) is 29.2 Å². The molecule has 1 aliphatic rings. The average molecular weight is 360 g/mol. The van der Waals surface area contributed by atoms with Gasteiger partial charge in [0.25, 0.3) is 5.91 Å². The van der Waals surface area contributed by atoms with Gasteiger partial charge >= 0.3 is 0 Å². The van der Waals surface area contributed by atoms with Crippen molar-refractivity contribution in [2.75, 3.05) is 33.8 Å². The highest BCUT2D eigenvalue weighted by Gasteiger charge is 2.26. The maximum Gasteiger partial charge on any atom is 0.289 e. The number of piperidine rings is 1. The monoisotopic (exact) mass is 360 g/mol. The standard InChI is InChI=1S/C20H25FN2O3/c1-22(2)13-18-9-10-19(26-18)20(24)23-11-3-4-15(12-23)14-25-17-7-5-16(21)6-8-17/h5-10,15H,3-4,11-14H2,1-2H3/t15-/m1/s1. The van der Waals surface area contributed by atoms with Crippen molar-refractivity contribution in [2.24, 2.45) is 5.92 Å². The second kappa shape index (κ2) is 8.36. The summed E-state index contributed by atoms with van der Waals surface area (Å²) in [6, 6.07) is 9.61. The molecule has 6 heteroatoms. The minimum absolute atomic E-state index is 0.0681. The Hall–Kier alpha value is -2.34. The van der Waals surface area contributed by atoms with E-state index in [1.807, 2.05) is 30.0 Å². The molecule has 1 aromatic carbocycles. The molecule has 1 fully saturated rings. The summed E-state index contributed by atoms with van der Waals surface area (Å²) in [4.78, 5) is 16.5. The first-order valence-electron chi connectivity index (χ1n) is 8.92. The van der Waals surface area contributed by atoms with E-state index in [0.29, 0.717) is 31.2 Å². The van der Waals surface area contributed by atoms with E-state index in [4.69, 9.17) is 9.15 Å². The molecule has 1 atom stereocenters. The Morgan fingerprint density at radius 3 is 2.77 bits per heavy atom. The number of benzene rings is 1. The van der Waals surface area contributed by atoms with E-state index in [-0.39, 0.29) is 17.6 Å². The molecule has 0 unspecified atom stereocenters. The van der Waals surface area contributed by atoms with E-state index in [1.54, 1.807) is 18.2 Å². The topological polar surface area (TPSA) is 45.9 Å². The van der Waals surface area contributed by atoms with Gasteiger partial charge in [0.05, 0.1) is 13.2 Å². The van der Waals surface area contributed by atoms with Crippen LogP contribution in [-0.2, 0) is 6.54 Å². The van der Waals surface area contributed by atoms with Crippen molar-refractivity contribution in [3.63, 3.8) is 0 Å². The molecule has 0 aliphatic carbocycles. The summed E-state index contributed by atoms with van der Waals surface area (Å²) in [7, 11) is 3.92. The minimum atomic E-state index is -0.279. The molecule has 140 valence electrons. The summed E-state index contributed by atoms with van der Waals surface area (Å²) < 4.78 is 24.4. The number of ether oxygens (including phenoxy) is 1. The normalized spacial score (nSPS) is 17.5. The zero-order valence-electron chi connectivity index (χ0n) is 15.3. The molecule has 0 spiro atoms. The van der Waals surface area contributed by atoms with Gasteiger partial charge < -0.3 is 19.0 Å². The third-order valence-electron chi connectivity index (χ3n) is 4.45. The molecule has 3 rings (SSSR count). The van der Waals surface area contributed by atoms with Gasteiger partial charge in [-0.1, -0.05) is 0 Å². The SMILES string of the molecule is CN(C)Cc1ccc(C(=O)N2CCC[C@@H](COc3ccc(F)cc3)C2)o1. The molecule has 2 heterocycles. The third-order valence-corrected chi connectivity index (χ3v) is 4.45. The number of likely N-dealkylation sites (tertiary alicyclic amines) is 1. The lowest BCUT2D eigenvalue weighted by atomic mass is 9.99. The molecule has 0 saturated carbocycles. The summed E-state index contributed by atoms with van der Waals surface area (Å²) in [5, 5.41) is 0. The van der Waals surface area contributed by atoms with Gasteiger partial charge in [-0.25, -0.2) is 4.39 Å². The highest BCUT2D eigenvalue weighted by Crippen LogP contribution is 2.21. The molecular weight excluding hydrogens is 335 g/mol. The van der Waals surface area contributed by atoms with E-state index < -0.39 is 0 Å². The number of rotatable bonds is 6. The number of hydrogen-bond donors (Lipinski definition) is 0. The molecule has 26 heavy (non-hydrogen) atoms. The Bertz CT molecular complexity index is 727. The quantitative estimate of drug-likeness (QED) is 0.792. The maximum atomic E-state index is 12.9. The first-order chi connectivity index (χ1) is 12.5. The highest BCUT2D eigenvalue weighted by atomic mass is 19.1. The fourth-order valence-electron chi connectivity index (χ4n) is 3.18. The number of carbonyl (C=O) groups excluding carboxylic acids is 1. The van der Waals surface area contributed by atoms with Gasteiger partial charge in [0, 0.05) is 19.0 Å². The van der Waals surface area contributed by atoms with Crippen LogP contribution in [0.15, 0.2) is 40.8 Å². The predicted molar refractivity (Wildman–Crippen MR) is 96.6 cm³/mol. The van der Waals surface area contributed by atoms with E-state index in [9.17, 15) is 9.18 Å². The van der Waals surface area contributed by atoms with Gasteiger partial charge in [-0.2, -0.15) is 0 Å². The molecule has 1 aromatic heterocycles. The molecule has 1 saturated heterocycles. The second-order valence-electron chi connectivity index (χ2n) is 7.03. The van der Waals surface area contributed by atoms with Gasteiger partial charge in [-0.15, -0.1) is 0 Å². The molecular formula is C20H25FN2O3. The molecule has 0 bridgehead atoms. The maximum absolute atomic E-state index is 12.9. The largest absolute Gasteiger partial charge is 0.493 e. The molecule has 1 amide bonds. The first-order valence-corrected chi connectivity index (χ1v) is 8.92. The number of halogens is 1. The van der Waals surface area contributed by atoms with Crippen LogP contribution in [-0.4, -0.2) is 49.5 Å². The Labute approximate surface area is 153 Å². The fourth-order valence-corrected chi connectivity index (χ4v) is 3.18. The van der Waals surface area contributed by atoms with Crippen molar-refractivity contribution in [3.05, 3.63) is 53.7 Å². The van der Waals surface area contributed by atoms with Crippen LogP contribution in [0.2, 0.25) is 0 Å². The number of nitrogens with zero attached hydrogens (tertiary/aromatic N) is 2. The molecule has 5 nitrogen and oxygen atoms in total. The predicted octanol–water partition coefficient (Wildman–Crippen LogP) is 3.41. The van der Waals surface area contributed by atoms with Gasteiger partial charge in [-0.05, 0) is 63.3 Å². The smallest absolute Gasteiger partial charge is 0.289 e. The van der Waals surface area contributed by atoms with Crippen LogP contribution in [0.4, 0.5) is 4.39 Å². The van der Waals surface area contributed by atoms with Crippen molar-refractivity contribution in [3.8, 4) is 5.75 Å². The summed E-state index contributed by atoms with van der Waals surface area (Å²) in [6.07, 6.45) is 1.95. The zero-order valence-corrected chi connectivity index (χ0v) is 15.3. The number of furan rings is 1. The number of amides is 1. The number of carbonyl (C=O) groups is 1. The van der Waals surface area contributed by atoms with Crippen LogP contribution in [0.5, 0.6) is 5.75 Å². The minimum Gasteiger partial charge on any atom is -0.493 e. The number of hydrogen-bond acceptors (Lipinski definition) is 4. The van der Waals surface area contributed by atoms with E-state index in [0.717, 1.165) is 25.1 Å². The Balaban J connectivity index is 1.54. The van der Waals surface area contributed by atoms with Crippen molar-refractivity contribution >= 4 is 5.91 Å². The molecule has 0 N–H and O–H groups in total. The van der Waals surface area contributed by atoms with Crippen molar-refractivity contribution in [2.45, 2.75) is 19.4 Å². The lowest BCUT2D eigenvalue weighted by molar-refractivity contribution is 0.0599. The van der Waals surface area contributed by atoms with Crippen molar-refractivity contribution < 1.29 is 18.3 Å². The van der Waals surface area contributed by atoms with Gasteiger partial charge in [0.2, 0.25) is 0 Å². The van der Waals surface area contributed by atoms with Crippen LogP contribution in [0.25, 0.3) is 0 Å². The van der Waals surface area contributed by atoms with Crippen LogP contribution >= 0.6 is 0 Å². The zero-order chi connectivity index (χ0) is 18.5. The third kappa shape index (κ3) is 4.85. The Morgan fingerprint density at radius 2 is 2.04 bits per heavy atom. The molecule has 2 aromatic rings. The lowest BCUT2D eigenvalue weighted by Gasteiger charge is -2.32. The van der Waals surface area contributed by atoms with Crippen LogP contribution in [0.3, 0.4) is 0 Å². The molecule has 0 radical (unpaired) electrons. The van der Waals surface area contributed by atoms with Crippen LogP contribution < -0.4 is 4.74 Å². The lowest BCUT2D eigenvalue weighted by Crippen LogP contribution is -2.41. The van der Waals surface area contributed by atoms with Crippen LogP contribution in [0, 0.1) is 11.7 Å². The summed E-state index contributed by atoms with van der Waals surface area (Å²) in [6.45, 7) is 2.56.